The maximum Gasteiger partial charge on any atom is 0.326 e. The molecule has 1 rings (SSSR count). The van der Waals surface area contributed by atoms with E-state index in [1.54, 1.807) is 12.1 Å². The highest BCUT2D eigenvalue weighted by atomic mass is 16.4. The number of nitrogens with two attached hydrogens (primary N) is 1. The van der Waals surface area contributed by atoms with Crippen LogP contribution >= 0.6 is 0 Å². The van der Waals surface area contributed by atoms with Crippen LogP contribution < -0.4 is 11.1 Å². The van der Waals surface area contributed by atoms with Crippen molar-refractivity contribution < 1.29 is 23.9 Å². The Bertz CT molecular complexity index is 464. The predicted molar refractivity (Wildman–Crippen MR) is 61.1 cm³/mol. The molecule has 0 unspecified atom stereocenters. The summed E-state index contributed by atoms with van der Waals surface area (Å²) >= 11 is 0. The molecule has 7 nitrogen and oxygen atoms in total. The normalized spacial score (nSPS) is 12.2. The van der Waals surface area contributed by atoms with Gasteiger partial charge in [0.25, 0.3) is 0 Å². The van der Waals surface area contributed by atoms with Gasteiger partial charge in [0.2, 0.25) is 11.8 Å². The van der Waals surface area contributed by atoms with Crippen molar-refractivity contribution in [3.8, 4) is 0 Å². The van der Waals surface area contributed by atoms with Crippen LogP contribution in [0.3, 0.4) is 0 Å². The van der Waals surface area contributed by atoms with Crippen molar-refractivity contribution in [3.05, 3.63) is 30.2 Å². The van der Waals surface area contributed by atoms with Gasteiger partial charge in [0, 0.05) is 6.08 Å². The van der Waals surface area contributed by atoms with Crippen molar-refractivity contribution in [3.63, 3.8) is 0 Å². The Morgan fingerprint density at radius 2 is 2.22 bits per heavy atom. The molecule has 0 aromatic carbocycles. The van der Waals surface area contributed by atoms with Crippen LogP contribution in [0.5, 0.6) is 0 Å². The summed E-state index contributed by atoms with van der Waals surface area (Å²) in [6.07, 6.45) is 3.45. The molecule has 0 aliphatic carbocycles. The second-order valence-corrected chi connectivity index (χ2v) is 3.42. The number of rotatable bonds is 6. The highest BCUT2D eigenvalue weighted by Crippen LogP contribution is 2.02. The lowest BCUT2D eigenvalue weighted by Crippen LogP contribution is -2.42. The molecule has 0 saturated carbocycles. The highest BCUT2D eigenvalue weighted by molar-refractivity contribution is 5.95. The number of carboxylic acids is 1. The van der Waals surface area contributed by atoms with Crippen molar-refractivity contribution in [2.45, 2.75) is 12.5 Å². The van der Waals surface area contributed by atoms with Crippen LogP contribution in [-0.2, 0) is 14.4 Å². The molecule has 96 valence electrons. The van der Waals surface area contributed by atoms with Crippen LogP contribution in [0.1, 0.15) is 12.2 Å². The SMILES string of the molecule is NC(=O)C[C@H](NC(=O)C=Cc1ccco1)C(=O)O. The summed E-state index contributed by atoms with van der Waals surface area (Å²) in [5, 5.41) is 10.9. The molecule has 0 aliphatic rings. The minimum Gasteiger partial charge on any atom is -0.480 e. The van der Waals surface area contributed by atoms with Gasteiger partial charge in [-0.2, -0.15) is 0 Å². The van der Waals surface area contributed by atoms with E-state index in [2.05, 4.69) is 5.32 Å². The summed E-state index contributed by atoms with van der Waals surface area (Å²) in [5.74, 6) is -2.33. The molecule has 1 aromatic heterocycles. The fourth-order valence-electron chi connectivity index (χ4n) is 1.17. The fraction of sp³-hybridized carbons (Fsp3) is 0.182. The Morgan fingerprint density at radius 3 is 2.72 bits per heavy atom. The van der Waals surface area contributed by atoms with Crippen molar-refractivity contribution in [1.29, 1.82) is 0 Å². The Balaban J connectivity index is 2.56. The first kappa shape index (κ1) is 13.5. The highest BCUT2D eigenvalue weighted by Gasteiger charge is 2.20. The van der Waals surface area contributed by atoms with Gasteiger partial charge in [-0.1, -0.05) is 0 Å². The summed E-state index contributed by atoms with van der Waals surface area (Å²) in [4.78, 5) is 32.7. The van der Waals surface area contributed by atoms with E-state index in [0.29, 0.717) is 5.76 Å². The van der Waals surface area contributed by atoms with Gasteiger partial charge in [-0.25, -0.2) is 4.79 Å². The van der Waals surface area contributed by atoms with Crippen molar-refractivity contribution in [1.82, 2.24) is 5.32 Å². The molecule has 0 fully saturated rings. The standard InChI is InChI=1S/C11H12N2O5/c12-9(14)6-8(11(16)17)13-10(15)4-3-7-2-1-5-18-7/h1-5,8H,6H2,(H2,12,14)(H,13,15)(H,16,17)/t8-/m0/s1. The lowest BCUT2D eigenvalue weighted by atomic mass is 10.2. The number of hydrogen-bond acceptors (Lipinski definition) is 4. The van der Waals surface area contributed by atoms with Crippen molar-refractivity contribution in [2.75, 3.05) is 0 Å². The van der Waals surface area contributed by atoms with Gasteiger partial charge in [0.05, 0.1) is 12.7 Å². The Labute approximate surface area is 102 Å². The van der Waals surface area contributed by atoms with Gasteiger partial charge in [0.15, 0.2) is 0 Å². The third kappa shape index (κ3) is 4.52. The molecule has 1 heterocycles. The number of nitrogens with one attached hydrogen (secondary N) is 1. The molecule has 0 bridgehead atoms. The van der Waals surface area contributed by atoms with E-state index in [4.69, 9.17) is 15.3 Å². The molecular weight excluding hydrogens is 240 g/mol. The Morgan fingerprint density at radius 1 is 1.50 bits per heavy atom. The van der Waals surface area contributed by atoms with E-state index in [1.807, 2.05) is 0 Å². The molecule has 0 spiro atoms. The quantitative estimate of drug-likeness (QED) is 0.602. The summed E-state index contributed by atoms with van der Waals surface area (Å²) in [7, 11) is 0. The van der Waals surface area contributed by atoms with Crippen LogP contribution in [0.2, 0.25) is 0 Å². The molecule has 1 aromatic rings. The lowest BCUT2D eigenvalue weighted by Gasteiger charge is -2.10. The summed E-state index contributed by atoms with van der Waals surface area (Å²) in [5.41, 5.74) is 4.87. The third-order valence-electron chi connectivity index (χ3n) is 1.96. The second kappa shape index (κ2) is 6.24. The van der Waals surface area contributed by atoms with Gasteiger partial charge in [-0.15, -0.1) is 0 Å². The monoisotopic (exact) mass is 252 g/mol. The zero-order valence-electron chi connectivity index (χ0n) is 9.33. The number of hydrogen-bond donors (Lipinski definition) is 3. The summed E-state index contributed by atoms with van der Waals surface area (Å²) in [6.45, 7) is 0. The molecule has 4 N–H and O–H groups in total. The molecule has 7 heteroatoms. The van der Waals surface area contributed by atoms with E-state index in [0.717, 1.165) is 6.08 Å². The minimum absolute atomic E-state index is 0.451. The zero-order chi connectivity index (χ0) is 13.5. The smallest absolute Gasteiger partial charge is 0.326 e. The van der Waals surface area contributed by atoms with Gasteiger partial charge in [-0.05, 0) is 18.2 Å². The van der Waals surface area contributed by atoms with Crippen LogP contribution in [-0.4, -0.2) is 28.9 Å². The van der Waals surface area contributed by atoms with E-state index >= 15 is 0 Å². The number of primary amides is 1. The average Bonchev–Trinajstić information content (AvgIpc) is 2.77. The Hall–Kier alpha value is -2.57. The van der Waals surface area contributed by atoms with Crippen LogP contribution in [0.25, 0.3) is 6.08 Å². The molecule has 18 heavy (non-hydrogen) atoms. The van der Waals surface area contributed by atoms with Crippen molar-refractivity contribution >= 4 is 23.9 Å². The molecule has 2 amide bonds. The maximum atomic E-state index is 11.4. The predicted octanol–water partition coefficient (Wildman–Crippen LogP) is -0.262. The molecular formula is C11H12N2O5. The van der Waals surface area contributed by atoms with E-state index in [1.165, 1.54) is 12.3 Å². The first-order valence-corrected chi connectivity index (χ1v) is 5.02. The lowest BCUT2D eigenvalue weighted by molar-refractivity contribution is -0.142. The number of carboxylic acid groups (broad SMARTS) is 1. The minimum atomic E-state index is -1.34. The van der Waals surface area contributed by atoms with Gasteiger partial charge < -0.3 is 20.6 Å². The summed E-state index contributed by atoms with van der Waals surface area (Å²) < 4.78 is 4.94. The number of aliphatic carboxylic acids is 1. The van der Waals surface area contributed by atoms with Crippen molar-refractivity contribution in [2.24, 2.45) is 5.73 Å². The van der Waals surface area contributed by atoms with Crippen LogP contribution in [0, 0.1) is 0 Å². The zero-order valence-corrected chi connectivity index (χ0v) is 9.33. The number of carbonyl (C=O) groups excluding carboxylic acids is 2. The molecule has 0 saturated heterocycles. The molecule has 1 atom stereocenters. The summed E-state index contributed by atoms with van der Waals surface area (Å²) in [6, 6.07) is 1.93. The van der Waals surface area contributed by atoms with Gasteiger partial charge in [-0.3, -0.25) is 9.59 Å². The third-order valence-corrected chi connectivity index (χ3v) is 1.96. The number of furan rings is 1. The second-order valence-electron chi connectivity index (χ2n) is 3.42. The first-order valence-electron chi connectivity index (χ1n) is 5.02. The van der Waals surface area contributed by atoms with E-state index in [9.17, 15) is 14.4 Å². The number of carbonyl (C=O) groups is 3. The number of amides is 2. The Kier molecular flexibility index (Phi) is 4.67. The van der Waals surface area contributed by atoms with Gasteiger partial charge in [0.1, 0.15) is 11.8 Å². The van der Waals surface area contributed by atoms with E-state index in [-0.39, 0.29) is 0 Å². The maximum absolute atomic E-state index is 11.4. The first-order chi connectivity index (χ1) is 8.49. The molecule has 0 aliphatic heterocycles. The van der Waals surface area contributed by atoms with E-state index < -0.39 is 30.2 Å². The fourth-order valence-corrected chi connectivity index (χ4v) is 1.17. The molecule has 0 radical (unpaired) electrons. The topological polar surface area (TPSA) is 123 Å². The largest absolute Gasteiger partial charge is 0.480 e. The van der Waals surface area contributed by atoms with Crippen LogP contribution in [0.15, 0.2) is 28.9 Å². The van der Waals surface area contributed by atoms with Gasteiger partial charge >= 0.3 is 5.97 Å². The van der Waals surface area contributed by atoms with Crippen LogP contribution in [0.4, 0.5) is 0 Å². The average molecular weight is 252 g/mol.